The molecule has 0 N–H and O–H groups in total. The molecule has 6 heteroatoms. The fourth-order valence-corrected chi connectivity index (χ4v) is 1.63. The van der Waals surface area contributed by atoms with Gasteiger partial charge in [-0.3, -0.25) is 4.79 Å². The van der Waals surface area contributed by atoms with Crippen molar-refractivity contribution in [3.63, 3.8) is 0 Å². The van der Waals surface area contributed by atoms with Crippen molar-refractivity contribution < 1.29 is 23.0 Å². The molecule has 0 unspecified atom stereocenters. The second-order valence-corrected chi connectivity index (χ2v) is 3.71. The van der Waals surface area contributed by atoms with Gasteiger partial charge in [0.2, 0.25) is 0 Å². The van der Waals surface area contributed by atoms with E-state index < -0.39 is 12.6 Å². The summed E-state index contributed by atoms with van der Waals surface area (Å²) in [5.74, 6) is -0.751. The highest BCUT2D eigenvalue weighted by Crippen LogP contribution is 2.26. The summed E-state index contributed by atoms with van der Waals surface area (Å²) in [4.78, 5) is 11.4. The molecule has 1 aromatic rings. The summed E-state index contributed by atoms with van der Waals surface area (Å²) in [6, 6.07) is 4.60. The number of nitrogens with zero attached hydrogens (tertiary/aromatic N) is 1. The normalized spacial score (nSPS) is 10.1. The predicted octanol–water partition coefficient (Wildman–Crippen LogP) is 2.57. The Balaban J connectivity index is 3.14. The Bertz CT molecular complexity index is 509. The second kappa shape index (κ2) is 6.69. The van der Waals surface area contributed by atoms with Crippen LogP contribution in [-0.2, 0) is 16.0 Å². The Morgan fingerprint density at radius 2 is 2.16 bits per heavy atom. The maximum absolute atomic E-state index is 12.2. The largest absolute Gasteiger partial charge is 0.466 e. The summed E-state index contributed by atoms with van der Waals surface area (Å²) in [5, 5.41) is 9.05. The molecule has 0 amide bonds. The van der Waals surface area contributed by atoms with E-state index in [0.29, 0.717) is 11.1 Å². The van der Waals surface area contributed by atoms with E-state index in [1.165, 1.54) is 12.1 Å². The van der Waals surface area contributed by atoms with E-state index in [1.54, 1.807) is 19.9 Å². The molecule has 0 saturated carbocycles. The zero-order valence-electron chi connectivity index (χ0n) is 10.6. The molecule has 1 aromatic carbocycles. The molecule has 0 atom stereocenters. The smallest absolute Gasteiger partial charge is 0.387 e. The molecule has 0 radical (unpaired) electrons. The van der Waals surface area contributed by atoms with Crippen molar-refractivity contribution in [2.75, 3.05) is 6.61 Å². The van der Waals surface area contributed by atoms with Crippen LogP contribution >= 0.6 is 0 Å². The van der Waals surface area contributed by atoms with Crippen molar-refractivity contribution >= 4 is 5.97 Å². The van der Waals surface area contributed by atoms with Crippen molar-refractivity contribution in [1.29, 1.82) is 5.26 Å². The summed E-state index contributed by atoms with van der Waals surface area (Å²) in [6.07, 6.45) is -0.150. The molecule has 0 fully saturated rings. The van der Waals surface area contributed by atoms with Gasteiger partial charge in [-0.05, 0) is 31.0 Å². The van der Waals surface area contributed by atoms with E-state index in [-0.39, 0.29) is 24.3 Å². The number of aryl methyl sites for hydroxylation is 1. The maximum Gasteiger partial charge on any atom is 0.387 e. The number of benzene rings is 1. The minimum atomic E-state index is -3.02. The van der Waals surface area contributed by atoms with Gasteiger partial charge in [0.15, 0.2) is 0 Å². The topological polar surface area (TPSA) is 59.3 Å². The van der Waals surface area contributed by atoms with Gasteiger partial charge < -0.3 is 9.47 Å². The molecule has 19 heavy (non-hydrogen) atoms. The number of rotatable bonds is 5. The van der Waals surface area contributed by atoms with Crippen LogP contribution in [0.25, 0.3) is 0 Å². The Hall–Kier alpha value is -2.16. The van der Waals surface area contributed by atoms with E-state index in [1.807, 2.05) is 0 Å². The Morgan fingerprint density at radius 1 is 1.47 bits per heavy atom. The lowest BCUT2D eigenvalue weighted by atomic mass is 9.99. The Kier molecular flexibility index (Phi) is 5.24. The van der Waals surface area contributed by atoms with E-state index >= 15 is 0 Å². The van der Waals surface area contributed by atoms with Gasteiger partial charge in [-0.2, -0.15) is 14.0 Å². The fourth-order valence-electron chi connectivity index (χ4n) is 1.63. The van der Waals surface area contributed by atoms with Gasteiger partial charge in [-0.25, -0.2) is 0 Å². The summed E-state index contributed by atoms with van der Waals surface area (Å²) < 4.78 is 33.5. The average molecular weight is 269 g/mol. The van der Waals surface area contributed by atoms with E-state index in [4.69, 9.17) is 10.00 Å². The molecule has 0 heterocycles. The van der Waals surface area contributed by atoms with Crippen LogP contribution < -0.4 is 4.74 Å². The first-order valence-electron chi connectivity index (χ1n) is 5.62. The van der Waals surface area contributed by atoms with Crippen LogP contribution in [0.15, 0.2) is 12.1 Å². The highest BCUT2D eigenvalue weighted by Gasteiger charge is 2.18. The van der Waals surface area contributed by atoms with Gasteiger partial charge in [0.25, 0.3) is 0 Å². The lowest BCUT2D eigenvalue weighted by Crippen LogP contribution is -2.12. The molecule has 1 rings (SSSR count). The number of esters is 1. The highest BCUT2D eigenvalue weighted by atomic mass is 19.3. The molecule has 0 bridgehead atoms. The third kappa shape index (κ3) is 3.91. The van der Waals surface area contributed by atoms with E-state index in [0.717, 1.165) is 0 Å². The van der Waals surface area contributed by atoms with Crippen LogP contribution in [0.1, 0.15) is 23.6 Å². The van der Waals surface area contributed by atoms with Gasteiger partial charge in [-0.15, -0.1) is 0 Å². The first kappa shape index (κ1) is 14.9. The fraction of sp³-hybridized carbons (Fsp3) is 0.385. The quantitative estimate of drug-likeness (QED) is 0.771. The van der Waals surface area contributed by atoms with Gasteiger partial charge in [-0.1, -0.05) is 6.07 Å². The standard InChI is InChI=1S/C13H13F2NO3/c1-3-18-12(17)6-9-8(2)4-5-11(10(9)7-16)19-13(14)15/h4-5,13H,3,6H2,1-2H3. The summed E-state index contributed by atoms with van der Waals surface area (Å²) in [7, 11) is 0. The molecule has 0 aromatic heterocycles. The highest BCUT2D eigenvalue weighted by molar-refractivity contribution is 5.75. The van der Waals surface area contributed by atoms with Crippen molar-refractivity contribution in [1.82, 2.24) is 0 Å². The van der Waals surface area contributed by atoms with Crippen molar-refractivity contribution in [3.05, 3.63) is 28.8 Å². The molecular formula is C13H13F2NO3. The zero-order valence-corrected chi connectivity index (χ0v) is 10.6. The minimum absolute atomic E-state index is 0.0617. The number of carbonyl (C=O) groups is 1. The van der Waals surface area contributed by atoms with Crippen LogP contribution in [0.2, 0.25) is 0 Å². The van der Waals surface area contributed by atoms with Crippen LogP contribution in [-0.4, -0.2) is 19.2 Å². The van der Waals surface area contributed by atoms with Crippen LogP contribution in [0, 0.1) is 18.3 Å². The van der Waals surface area contributed by atoms with Crippen molar-refractivity contribution in [3.8, 4) is 11.8 Å². The predicted molar refractivity (Wildman–Crippen MR) is 62.9 cm³/mol. The second-order valence-electron chi connectivity index (χ2n) is 3.71. The number of alkyl halides is 2. The average Bonchev–Trinajstić information content (AvgIpc) is 2.33. The number of hydrogen-bond donors (Lipinski definition) is 0. The first-order chi connectivity index (χ1) is 8.99. The first-order valence-corrected chi connectivity index (χ1v) is 5.62. The summed E-state index contributed by atoms with van der Waals surface area (Å²) in [5.41, 5.74) is 0.929. The third-order valence-corrected chi connectivity index (χ3v) is 2.46. The van der Waals surface area contributed by atoms with Crippen molar-refractivity contribution in [2.24, 2.45) is 0 Å². The minimum Gasteiger partial charge on any atom is -0.466 e. The van der Waals surface area contributed by atoms with Gasteiger partial charge in [0, 0.05) is 0 Å². The van der Waals surface area contributed by atoms with Crippen LogP contribution in [0.3, 0.4) is 0 Å². The lowest BCUT2D eigenvalue weighted by molar-refractivity contribution is -0.142. The number of nitriles is 1. The Morgan fingerprint density at radius 3 is 2.68 bits per heavy atom. The molecular weight excluding hydrogens is 256 g/mol. The van der Waals surface area contributed by atoms with Crippen molar-refractivity contribution in [2.45, 2.75) is 26.9 Å². The van der Waals surface area contributed by atoms with Crippen LogP contribution in [0.4, 0.5) is 8.78 Å². The number of ether oxygens (including phenoxy) is 2. The monoisotopic (exact) mass is 269 g/mol. The number of carbonyl (C=O) groups excluding carboxylic acids is 1. The number of halogens is 2. The maximum atomic E-state index is 12.2. The lowest BCUT2D eigenvalue weighted by Gasteiger charge is -2.12. The molecule has 0 aliphatic rings. The van der Waals surface area contributed by atoms with E-state index in [9.17, 15) is 13.6 Å². The van der Waals surface area contributed by atoms with Crippen LogP contribution in [0.5, 0.6) is 5.75 Å². The molecule has 0 spiro atoms. The SMILES string of the molecule is CCOC(=O)Cc1c(C)ccc(OC(F)F)c1C#N. The molecule has 0 saturated heterocycles. The third-order valence-electron chi connectivity index (χ3n) is 2.46. The molecule has 0 aliphatic heterocycles. The summed E-state index contributed by atoms with van der Waals surface area (Å²) >= 11 is 0. The zero-order chi connectivity index (χ0) is 14.4. The Labute approximate surface area is 109 Å². The van der Waals surface area contributed by atoms with Gasteiger partial charge in [0.05, 0.1) is 18.6 Å². The number of hydrogen-bond acceptors (Lipinski definition) is 4. The molecule has 0 aliphatic carbocycles. The van der Waals surface area contributed by atoms with Gasteiger partial charge >= 0.3 is 12.6 Å². The molecule has 4 nitrogen and oxygen atoms in total. The van der Waals surface area contributed by atoms with Gasteiger partial charge in [0.1, 0.15) is 11.8 Å². The molecule has 102 valence electrons. The summed E-state index contributed by atoms with van der Waals surface area (Å²) in [6.45, 7) is 0.533. The van der Waals surface area contributed by atoms with E-state index in [2.05, 4.69) is 4.74 Å².